The maximum absolute atomic E-state index is 14.7. The summed E-state index contributed by atoms with van der Waals surface area (Å²) in [4.78, 5) is 41.1. The Morgan fingerprint density at radius 3 is 2.29 bits per heavy atom. The molecule has 0 aliphatic rings. The molecule has 1 amide bonds. The summed E-state index contributed by atoms with van der Waals surface area (Å²) in [6.07, 6.45) is -0.150. The van der Waals surface area contributed by atoms with E-state index in [1.807, 2.05) is 25.9 Å². The van der Waals surface area contributed by atoms with Crippen LogP contribution in [0.3, 0.4) is 0 Å². The number of carbonyl (C=O) groups is 2. The molecule has 1 aromatic heterocycles. The van der Waals surface area contributed by atoms with Gasteiger partial charge in [-0.25, -0.2) is 14.0 Å². The average molecular weight is 544 g/mol. The number of nitrogens with zero attached hydrogens (tertiary/aromatic N) is 3. The number of ether oxygens (including phenoxy) is 2. The summed E-state index contributed by atoms with van der Waals surface area (Å²) in [5.41, 5.74) is 1.56. The van der Waals surface area contributed by atoms with E-state index in [0.29, 0.717) is 29.0 Å². The van der Waals surface area contributed by atoms with Crippen molar-refractivity contribution in [3.8, 4) is 10.4 Å². The number of nitro groups is 1. The first-order valence-electron chi connectivity index (χ1n) is 12.1. The van der Waals surface area contributed by atoms with Gasteiger partial charge in [0, 0.05) is 34.7 Å². The monoisotopic (exact) mass is 543 g/mol. The van der Waals surface area contributed by atoms with Crippen LogP contribution in [0.2, 0.25) is 0 Å². The minimum absolute atomic E-state index is 0.0744. The molecule has 0 saturated carbocycles. The minimum Gasteiger partial charge on any atom is -0.462 e. The first-order chi connectivity index (χ1) is 18.2. The van der Waals surface area contributed by atoms with Gasteiger partial charge in [0.1, 0.15) is 10.8 Å². The predicted octanol–water partition coefficient (Wildman–Crippen LogP) is 6.25. The number of nitro benzene ring substituents is 1. The summed E-state index contributed by atoms with van der Waals surface area (Å²) < 4.78 is 25.5. The van der Waals surface area contributed by atoms with Crippen LogP contribution in [0, 0.1) is 15.9 Å². The van der Waals surface area contributed by atoms with Crippen molar-refractivity contribution in [1.82, 2.24) is 4.90 Å². The highest BCUT2D eigenvalue weighted by Gasteiger charge is 2.32. The molecule has 0 atom stereocenters. The molecule has 0 saturated heterocycles. The van der Waals surface area contributed by atoms with E-state index in [4.69, 9.17) is 9.47 Å². The number of hydrogen-bond donors (Lipinski definition) is 0. The van der Waals surface area contributed by atoms with Crippen LogP contribution in [-0.2, 0) is 22.6 Å². The van der Waals surface area contributed by atoms with Crippen molar-refractivity contribution in [3.63, 3.8) is 0 Å². The van der Waals surface area contributed by atoms with Crippen molar-refractivity contribution < 1.29 is 28.4 Å². The Labute approximate surface area is 224 Å². The molecule has 0 spiro atoms. The Kier molecular flexibility index (Phi) is 9.91. The molecule has 0 aliphatic heterocycles. The molecule has 0 aliphatic carbocycles. The Hall–Kier alpha value is -3.83. The third kappa shape index (κ3) is 6.73. The highest BCUT2D eigenvalue weighted by Crippen LogP contribution is 2.44. The third-order valence-electron chi connectivity index (χ3n) is 5.46. The molecule has 2 aromatic carbocycles. The molecule has 202 valence electrons. The number of hydrogen-bond acceptors (Lipinski definition) is 8. The Morgan fingerprint density at radius 1 is 1.03 bits per heavy atom. The molecule has 1 heterocycles. The molecule has 38 heavy (non-hydrogen) atoms. The van der Waals surface area contributed by atoms with E-state index in [1.165, 1.54) is 23.1 Å². The van der Waals surface area contributed by atoms with E-state index < -0.39 is 22.8 Å². The third-order valence-corrected chi connectivity index (χ3v) is 6.77. The summed E-state index contributed by atoms with van der Waals surface area (Å²) in [5, 5.41) is 11.4. The van der Waals surface area contributed by atoms with Crippen LogP contribution in [0.15, 0.2) is 48.5 Å². The Bertz CT molecular complexity index is 1290. The molecule has 3 aromatic rings. The van der Waals surface area contributed by atoms with E-state index in [0.717, 1.165) is 11.3 Å². The zero-order chi connectivity index (χ0) is 27.8. The van der Waals surface area contributed by atoms with Crippen molar-refractivity contribution in [2.24, 2.45) is 0 Å². The number of thiophene rings is 1. The number of carbonyl (C=O) groups excluding carboxylic acids is 2. The van der Waals surface area contributed by atoms with Crippen LogP contribution in [0.1, 0.15) is 41.8 Å². The van der Waals surface area contributed by atoms with Gasteiger partial charge in [-0.2, -0.15) is 0 Å². The number of esters is 1. The maximum atomic E-state index is 14.7. The summed E-state index contributed by atoms with van der Waals surface area (Å²) in [6, 6.07) is 12.0. The van der Waals surface area contributed by atoms with Crippen LogP contribution < -0.4 is 4.90 Å². The lowest BCUT2D eigenvalue weighted by atomic mass is 10.0. The molecule has 0 fully saturated rings. The molecular weight excluding hydrogens is 513 g/mol. The quantitative estimate of drug-likeness (QED) is 0.160. The molecule has 0 N–H and O–H groups in total. The molecule has 9 nitrogen and oxygen atoms in total. The van der Waals surface area contributed by atoms with Crippen LogP contribution in [0.5, 0.6) is 0 Å². The van der Waals surface area contributed by atoms with E-state index in [9.17, 15) is 24.1 Å². The minimum atomic E-state index is -0.728. The van der Waals surface area contributed by atoms with Gasteiger partial charge in [-0.05, 0) is 51.2 Å². The number of non-ortho nitro benzene ring substituents is 1. The van der Waals surface area contributed by atoms with Crippen LogP contribution >= 0.6 is 11.3 Å². The summed E-state index contributed by atoms with van der Waals surface area (Å²) in [7, 11) is 3.66. The number of rotatable bonds is 11. The topological polar surface area (TPSA) is 102 Å². The zero-order valence-electron chi connectivity index (χ0n) is 21.7. The lowest BCUT2D eigenvalue weighted by Gasteiger charge is -2.22. The fourth-order valence-electron chi connectivity index (χ4n) is 3.77. The number of halogens is 1. The van der Waals surface area contributed by atoms with Gasteiger partial charge in [0.25, 0.3) is 5.69 Å². The van der Waals surface area contributed by atoms with Crippen LogP contribution in [0.4, 0.5) is 19.9 Å². The number of anilines is 1. The maximum Gasteiger partial charge on any atom is 0.415 e. The second-order valence-corrected chi connectivity index (χ2v) is 9.64. The molecule has 3 rings (SSSR count). The lowest BCUT2D eigenvalue weighted by Crippen LogP contribution is -2.32. The van der Waals surface area contributed by atoms with E-state index in [1.54, 1.807) is 37.3 Å². The fourth-order valence-corrected chi connectivity index (χ4v) is 5.07. The van der Waals surface area contributed by atoms with Gasteiger partial charge in [0.05, 0.1) is 30.2 Å². The average Bonchev–Trinajstić information content (AvgIpc) is 3.25. The first kappa shape index (κ1) is 28.7. The van der Waals surface area contributed by atoms with E-state index in [2.05, 4.69) is 0 Å². The highest BCUT2D eigenvalue weighted by molar-refractivity contribution is 7.20. The second kappa shape index (κ2) is 13.1. The van der Waals surface area contributed by atoms with Crippen molar-refractivity contribution in [2.45, 2.75) is 33.4 Å². The second-order valence-electron chi connectivity index (χ2n) is 8.64. The van der Waals surface area contributed by atoms with Gasteiger partial charge in [-0.1, -0.05) is 25.1 Å². The van der Waals surface area contributed by atoms with Crippen molar-refractivity contribution in [3.05, 3.63) is 81.2 Å². The first-order valence-corrected chi connectivity index (χ1v) is 12.9. The van der Waals surface area contributed by atoms with Crippen LogP contribution in [-0.4, -0.2) is 49.2 Å². The smallest absolute Gasteiger partial charge is 0.415 e. The summed E-state index contributed by atoms with van der Waals surface area (Å²) >= 11 is 1.15. The van der Waals surface area contributed by atoms with Gasteiger partial charge < -0.3 is 14.4 Å². The standard InChI is InChI=1S/C27H30FN3O6S/c1-5-15-37-27(33)30(16-19-9-7-8-10-22(19)28)25-23(26(32)36-6-2)21(17-29(3)4)24(38-25)18-11-13-20(14-12-18)31(34)35/h7-14H,5-6,15-17H2,1-4H3. The van der Waals surface area contributed by atoms with Gasteiger partial charge in [0.2, 0.25) is 0 Å². The molecular formula is C27H30FN3O6S. The predicted molar refractivity (Wildman–Crippen MR) is 144 cm³/mol. The van der Waals surface area contributed by atoms with E-state index >= 15 is 0 Å². The van der Waals surface area contributed by atoms with Crippen molar-refractivity contribution in [1.29, 1.82) is 0 Å². The fraction of sp³-hybridized carbons (Fsp3) is 0.333. The van der Waals surface area contributed by atoms with Gasteiger partial charge in [-0.3, -0.25) is 15.0 Å². The normalized spacial score (nSPS) is 10.9. The zero-order valence-corrected chi connectivity index (χ0v) is 22.5. The van der Waals surface area contributed by atoms with Gasteiger partial charge in [0.15, 0.2) is 0 Å². The molecule has 11 heteroatoms. The Morgan fingerprint density at radius 2 is 1.71 bits per heavy atom. The van der Waals surface area contributed by atoms with Gasteiger partial charge in [-0.15, -0.1) is 11.3 Å². The largest absolute Gasteiger partial charge is 0.462 e. The Balaban J connectivity index is 2.27. The molecule has 0 unspecified atom stereocenters. The molecule has 0 bridgehead atoms. The number of amides is 1. The lowest BCUT2D eigenvalue weighted by molar-refractivity contribution is -0.384. The summed E-state index contributed by atoms with van der Waals surface area (Å²) in [5.74, 6) is -1.13. The summed E-state index contributed by atoms with van der Waals surface area (Å²) in [6.45, 7) is 3.92. The van der Waals surface area contributed by atoms with Crippen LogP contribution in [0.25, 0.3) is 10.4 Å². The van der Waals surface area contributed by atoms with Crippen molar-refractivity contribution in [2.75, 3.05) is 32.2 Å². The SMILES string of the molecule is CCCOC(=O)N(Cc1ccccc1F)c1sc(-c2ccc([N+](=O)[O-])cc2)c(CN(C)C)c1C(=O)OCC. The van der Waals surface area contributed by atoms with Crippen molar-refractivity contribution >= 4 is 34.1 Å². The number of benzene rings is 2. The van der Waals surface area contributed by atoms with Gasteiger partial charge >= 0.3 is 12.1 Å². The highest BCUT2D eigenvalue weighted by atomic mass is 32.1. The van der Waals surface area contributed by atoms with E-state index in [-0.39, 0.29) is 41.6 Å². The molecule has 0 radical (unpaired) electrons.